The van der Waals surface area contributed by atoms with Gasteiger partial charge in [-0.2, -0.15) is 8.78 Å². The van der Waals surface area contributed by atoms with Gasteiger partial charge in [-0.05, 0) is 12.8 Å². The van der Waals surface area contributed by atoms with Gasteiger partial charge in [0.05, 0.1) is 19.6 Å². The van der Waals surface area contributed by atoms with Crippen LogP contribution in [-0.4, -0.2) is 24.7 Å². The van der Waals surface area contributed by atoms with Crippen LogP contribution >= 0.6 is 7.60 Å². The Balaban J connectivity index is 4.99. The molecule has 0 atom stereocenters. The molecule has 7 heteroatoms. The summed E-state index contributed by atoms with van der Waals surface area (Å²) in [6.45, 7) is 6.27. The minimum atomic E-state index is -4.60. The van der Waals surface area contributed by atoms with E-state index in [1.165, 1.54) is 13.8 Å². The van der Waals surface area contributed by atoms with Crippen LogP contribution in [0.4, 0.5) is 8.78 Å². The molecule has 0 aromatic heterocycles. The zero-order valence-corrected chi connectivity index (χ0v) is 12.8. The first kappa shape index (κ1) is 18.7. The molecule has 0 aliphatic rings. The highest BCUT2D eigenvalue weighted by atomic mass is 31.2. The quantitative estimate of drug-likeness (QED) is 0.566. The van der Waals surface area contributed by atoms with Gasteiger partial charge in [-0.15, -0.1) is 0 Å². The van der Waals surface area contributed by atoms with Crippen molar-refractivity contribution in [1.82, 2.24) is 0 Å². The molecule has 0 amide bonds. The van der Waals surface area contributed by atoms with E-state index >= 15 is 0 Å². The second-order valence-corrected chi connectivity index (χ2v) is 6.79. The number of hydrogen-bond acceptors (Lipinski definition) is 4. The fraction of sp³-hybridized carbons (Fsp3) is 0.917. The largest absolute Gasteiger partial charge is 0.400 e. The Morgan fingerprint density at radius 1 is 1.16 bits per heavy atom. The van der Waals surface area contributed by atoms with E-state index in [0.29, 0.717) is 12.8 Å². The van der Waals surface area contributed by atoms with Crippen molar-refractivity contribution in [1.29, 1.82) is 0 Å². The van der Waals surface area contributed by atoms with Crippen LogP contribution in [0.3, 0.4) is 0 Å². The molecular formula is C12H23F2O4P. The molecule has 0 radical (unpaired) electrons. The lowest BCUT2D eigenvalue weighted by atomic mass is 10.1. The second kappa shape index (κ2) is 8.08. The number of hydrogen-bond donors (Lipinski definition) is 0. The number of alkyl halides is 2. The van der Waals surface area contributed by atoms with E-state index in [4.69, 9.17) is 9.05 Å². The van der Waals surface area contributed by atoms with Gasteiger partial charge in [0.15, 0.2) is 0 Å². The van der Waals surface area contributed by atoms with Crippen molar-refractivity contribution in [2.24, 2.45) is 5.92 Å². The van der Waals surface area contributed by atoms with Gasteiger partial charge in [0.1, 0.15) is 5.78 Å². The first-order valence-corrected chi connectivity index (χ1v) is 8.04. The van der Waals surface area contributed by atoms with Crippen LogP contribution in [0.15, 0.2) is 0 Å². The lowest BCUT2D eigenvalue weighted by Crippen LogP contribution is -2.26. The molecule has 0 unspecified atom stereocenters. The zero-order chi connectivity index (χ0) is 15.1. The molecule has 0 aliphatic carbocycles. The number of carbonyl (C=O) groups excluding carboxylic acids is 1. The van der Waals surface area contributed by atoms with E-state index in [-0.39, 0.29) is 13.2 Å². The van der Waals surface area contributed by atoms with E-state index in [2.05, 4.69) is 0 Å². The van der Waals surface area contributed by atoms with Crippen molar-refractivity contribution < 1.29 is 27.2 Å². The number of ketones is 1. The molecular weight excluding hydrogens is 277 g/mol. The lowest BCUT2D eigenvalue weighted by molar-refractivity contribution is -0.126. The summed E-state index contributed by atoms with van der Waals surface area (Å²) in [5.41, 5.74) is -3.78. The Morgan fingerprint density at radius 3 is 1.89 bits per heavy atom. The van der Waals surface area contributed by atoms with Crippen molar-refractivity contribution in [3.63, 3.8) is 0 Å². The van der Waals surface area contributed by atoms with E-state index < -0.39 is 31.4 Å². The van der Waals surface area contributed by atoms with Gasteiger partial charge in [-0.25, -0.2) is 0 Å². The standard InChI is InChI=1S/C12H23F2O4P/c1-5-7-17-19(16,18-8-6-2)12(13,14)9-11(15)10(3)4/h10H,5-9H2,1-4H3. The smallest absolute Gasteiger partial charge is 0.304 e. The molecule has 0 aromatic rings. The second-order valence-electron chi connectivity index (χ2n) is 4.63. The van der Waals surface area contributed by atoms with Crippen LogP contribution in [-0.2, 0) is 18.4 Å². The Kier molecular flexibility index (Phi) is 7.94. The number of halogens is 2. The van der Waals surface area contributed by atoms with Crippen LogP contribution in [0.25, 0.3) is 0 Å². The van der Waals surface area contributed by atoms with Gasteiger partial charge >= 0.3 is 13.3 Å². The van der Waals surface area contributed by atoms with E-state index in [1.807, 2.05) is 0 Å². The van der Waals surface area contributed by atoms with Crippen LogP contribution < -0.4 is 0 Å². The summed E-state index contributed by atoms with van der Waals surface area (Å²) in [5, 5.41) is 0. The third-order valence-corrected chi connectivity index (χ3v) is 4.37. The molecule has 0 heterocycles. The maximum atomic E-state index is 14.0. The van der Waals surface area contributed by atoms with Crippen LogP contribution in [0.5, 0.6) is 0 Å². The predicted octanol–water partition coefficient (Wildman–Crippen LogP) is 4.24. The number of Topliss-reactive ketones (excluding diaryl/α,β-unsaturated/α-hetero) is 1. The summed E-state index contributed by atoms with van der Waals surface area (Å²) in [5.74, 6) is -1.21. The summed E-state index contributed by atoms with van der Waals surface area (Å²) < 4.78 is 49.7. The summed E-state index contributed by atoms with van der Waals surface area (Å²) in [7, 11) is -4.60. The Labute approximate surface area is 113 Å². The molecule has 0 spiro atoms. The van der Waals surface area contributed by atoms with Gasteiger partial charge in [0.2, 0.25) is 0 Å². The first-order valence-electron chi connectivity index (χ1n) is 6.50. The fourth-order valence-electron chi connectivity index (χ4n) is 1.16. The van der Waals surface area contributed by atoms with E-state index in [9.17, 15) is 18.1 Å². The molecule has 0 saturated carbocycles. The topological polar surface area (TPSA) is 52.6 Å². The molecule has 0 saturated heterocycles. The van der Waals surface area contributed by atoms with Crippen LogP contribution in [0, 0.1) is 5.92 Å². The predicted molar refractivity (Wildman–Crippen MR) is 69.5 cm³/mol. The monoisotopic (exact) mass is 300 g/mol. The van der Waals surface area contributed by atoms with Crippen LogP contribution in [0.2, 0.25) is 0 Å². The molecule has 114 valence electrons. The first-order chi connectivity index (χ1) is 8.70. The van der Waals surface area contributed by atoms with Crippen molar-refractivity contribution in [3.8, 4) is 0 Å². The van der Waals surface area contributed by atoms with Crippen molar-refractivity contribution in [2.75, 3.05) is 13.2 Å². The van der Waals surface area contributed by atoms with Gasteiger partial charge in [-0.3, -0.25) is 9.36 Å². The molecule has 0 N–H and O–H groups in total. The van der Waals surface area contributed by atoms with Crippen molar-refractivity contribution in [2.45, 2.75) is 52.6 Å². The molecule has 19 heavy (non-hydrogen) atoms. The summed E-state index contributed by atoms with van der Waals surface area (Å²) >= 11 is 0. The highest BCUT2D eigenvalue weighted by Crippen LogP contribution is 2.63. The fourth-order valence-corrected chi connectivity index (χ4v) is 2.81. The van der Waals surface area contributed by atoms with Gasteiger partial charge in [0, 0.05) is 5.92 Å². The maximum absolute atomic E-state index is 14.0. The minimum Gasteiger partial charge on any atom is -0.304 e. The van der Waals surface area contributed by atoms with Gasteiger partial charge in [-0.1, -0.05) is 27.7 Å². The lowest BCUT2D eigenvalue weighted by Gasteiger charge is -2.26. The van der Waals surface area contributed by atoms with Gasteiger partial charge in [0.25, 0.3) is 0 Å². The molecule has 4 nitrogen and oxygen atoms in total. The number of rotatable bonds is 10. The van der Waals surface area contributed by atoms with Crippen molar-refractivity contribution in [3.05, 3.63) is 0 Å². The average Bonchev–Trinajstić information content (AvgIpc) is 2.32. The third-order valence-electron chi connectivity index (χ3n) is 2.36. The Morgan fingerprint density at radius 2 is 1.58 bits per heavy atom. The SMILES string of the molecule is CCCOP(=O)(OCCC)C(F)(F)CC(=O)C(C)C. The minimum absolute atomic E-state index is 0.0908. The highest BCUT2D eigenvalue weighted by molar-refractivity contribution is 7.55. The van der Waals surface area contributed by atoms with Gasteiger partial charge < -0.3 is 9.05 Å². The Bertz CT molecular complexity index is 320. The molecule has 0 bridgehead atoms. The van der Waals surface area contributed by atoms with Crippen LogP contribution in [0.1, 0.15) is 47.0 Å². The van der Waals surface area contributed by atoms with E-state index in [1.54, 1.807) is 13.8 Å². The molecule has 0 aliphatic heterocycles. The Hall–Kier alpha value is -0.320. The normalized spacial score (nSPS) is 13.0. The summed E-state index contributed by atoms with van der Waals surface area (Å²) in [6.07, 6.45) is -0.239. The maximum Gasteiger partial charge on any atom is 0.400 e. The number of carbonyl (C=O) groups is 1. The summed E-state index contributed by atoms with van der Waals surface area (Å²) in [6, 6.07) is 0. The summed E-state index contributed by atoms with van der Waals surface area (Å²) in [4.78, 5) is 11.4. The zero-order valence-electron chi connectivity index (χ0n) is 11.9. The third kappa shape index (κ3) is 5.67. The molecule has 0 fully saturated rings. The highest BCUT2D eigenvalue weighted by Gasteiger charge is 2.54. The van der Waals surface area contributed by atoms with Crippen molar-refractivity contribution >= 4 is 13.4 Å². The molecule has 0 rings (SSSR count). The molecule has 0 aromatic carbocycles. The average molecular weight is 300 g/mol. The van der Waals surface area contributed by atoms with E-state index in [0.717, 1.165) is 0 Å².